The van der Waals surface area contributed by atoms with Crippen molar-refractivity contribution in [3.05, 3.63) is 28.3 Å². The van der Waals surface area contributed by atoms with Crippen molar-refractivity contribution >= 4 is 27.5 Å². The molecule has 0 saturated heterocycles. The van der Waals surface area contributed by atoms with Crippen LogP contribution in [-0.4, -0.2) is 20.9 Å². The fraction of sp³-hybridized carbons (Fsp3) is 0.417. The first kappa shape index (κ1) is 14.3. The van der Waals surface area contributed by atoms with E-state index in [4.69, 9.17) is 16.7 Å². The predicted molar refractivity (Wildman–Crippen MR) is 72.6 cm³/mol. The van der Waals surface area contributed by atoms with Crippen LogP contribution in [0, 0.1) is 12.8 Å². The molecule has 0 unspecified atom stereocenters. The molecule has 1 aromatic rings. The molecule has 3 N–H and O–H groups in total. The SMILES string of the molecule is Cc1c(Cl)cc(S(N)(=O)=O)cc1C(=O)NCC1CC1. The largest absolute Gasteiger partial charge is 0.352 e. The fourth-order valence-electron chi connectivity index (χ4n) is 1.71. The van der Waals surface area contributed by atoms with Gasteiger partial charge in [-0.3, -0.25) is 4.79 Å². The summed E-state index contributed by atoms with van der Waals surface area (Å²) in [5.41, 5.74) is 0.791. The number of primary sulfonamides is 1. The third-order valence-corrected chi connectivity index (χ3v) is 4.42. The number of hydrogen-bond acceptors (Lipinski definition) is 3. The molecule has 0 spiro atoms. The highest BCUT2D eigenvalue weighted by atomic mass is 35.5. The average Bonchev–Trinajstić information content (AvgIpc) is 3.11. The topological polar surface area (TPSA) is 89.3 Å². The van der Waals surface area contributed by atoms with Crippen LogP contribution in [0.25, 0.3) is 0 Å². The number of nitrogens with one attached hydrogen (secondary N) is 1. The van der Waals surface area contributed by atoms with Gasteiger partial charge in [0.1, 0.15) is 0 Å². The van der Waals surface area contributed by atoms with Crippen LogP contribution in [-0.2, 0) is 10.0 Å². The van der Waals surface area contributed by atoms with Gasteiger partial charge in [-0.25, -0.2) is 13.6 Å². The third kappa shape index (κ3) is 3.46. The second-order valence-corrected chi connectivity index (χ2v) is 6.74. The zero-order chi connectivity index (χ0) is 14.2. The van der Waals surface area contributed by atoms with E-state index in [0.717, 1.165) is 12.8 Å². The Bertz CT molecular complexity index is 624. The number of sulfonamides is 1. The van der Waals surface area contributed by atoms with E-state index in [-0.39, 0.29) is 21.4 Å². The van der Waals surface area contributed by atoms with Gasteiger partial charge in [-0.1, -0.05) is 11.6 Å². The lowest BCUT2D eigenvalue weighted by atomic mass is 10.1. The van der Waals surface area contributed by atoms with E-state index < -0.39 is 10.0 Å². The molecule has 1 fully saturated rings. The average molecular weight is 303 g/mol. The zero-order valence-corrected chi connectivity index (χ0v) is 12.0. The van der Waals surface area contributed by atoms with Gasteiger partial charge in [0.05, 0.1) is 4.90 Å². The van der Waals surface area contributed by atoms with Crippen LogP contribution >= 0.6 is 11.6 Å². The first-order chi connectivity index (χ1) is 8.79. The van der Waals surface area contributed by atoms with Crippen molar-refractivity contribution in [2.45, 2.75) is 24.7 Å². The Morgan fingerprint density at radius 1 is 1.47 bits per heavy atom. The van der Waals surface area contributed by atoms with Gasteiger partial charge in [0.2, 0.25) is 10.0 Å². The molecule has 1 aromatic carbocycles. The molecular weight excluding hydrogens is 288 g/mol. The van der Waals surface area contributed by atoms with Crippen molar-refractivity contribution in [3.63, 3.8) is 0 Å². The van der Waals surface area contributed by atoms with E-state index >= 15 is 0 Å². The van der Waals surface area contributed by atoms with Gasteiger partial charge in [-0.05, 0) is 43.4 Å². The summed E-state index contributed by atoms with van der Waals surface area (Å²) in [7, 11) is -3.88. The Labute approximate surface area is 117 Å². The lowest BCUT2D eigenvalue weighted by Gasteiger charge is -2.10. The molecule has 19 heavy (non-hydrogen) atoms. The summed E-state index contributed by atoms with van der Waals surface area (Å²) in [5, 5.41) is 8.04. The summed E-state index contributed by atoms with van der Waals surface area (Å²) in [6, 6.07) is 2.52. The smallest absolute Gasteiger partial charge is 0.251 e. The molecule has 0 aromatic heterocycles. The quantitative estimate of drug-likeness (QED) is 0.882. The first-order valence-corrected chi connectivity index (χ1v) is 7.82. The van der Waals surface area contributed by atoms with Crippen molar-refractivity contribution < 1.29 is 13.2 Å². The van der Waals surface area contributed by atoms with Crippen LogP contribution in [0.3, 0.4) is 0 Å². The number of amides is 1. The van der Waals surface area contributed by atoms with Crippen LogP contribution in [0.4, 0.5) is 0 Å². The summed E-state index contributed by atoms with van der Waals surface area (Å²) >= 11 is 5.94. The van der Waals surface area contributed by atoms with Gasteiger partial charge >= 0.3 is 0 Å². The second kappa shape index (κ2) is 5.11. The van der Waals surface area contributed by atoms with Crippen molar-refractivity contribution in [1.29, 1.82) is 0 Å². The van der Waals surface area contributed by atoms with Gasteiger partial charge in [-0.15, -0.1) is 0 Å². The maximum Gasteiger partial charge on any atom is 0.251 e. The minimum Gasteiger partial charge on any atom is -0.352 e. The Balaban J connectivity index is 2.31. The molecule has 1 saturated carbocycles. The number of carbonyl (C=O) groups excluding carboxylic acids is 1. The Morgan fingerprint density at radius 2 is 2.11 bits per heavy atom. The second-order valence-electron chi connectivity index (χ2n) is 4.78. The van der Waals surface area contributed by atoms with Gasteiger partial charge in [0.25, 0.3) is 5.91 Å². The van der Waals surface area contributed by atoms with Gasteiger partial charge in [0.15, 0.2) is 0 Å². The number of nitrogens with two attached hydrogens (primary N) is 1. The molecule has 1 amide bonds. The van der Waals surface area contributed by atoms with Crippen LogP contribution in [0.2, 0.25) is 5.02 Å². The normalized spacial score (nSPS) is 15.3. The molecular formula is C12H15ClN2O3S. The van der Waals surface area contributed by atoms with E-state index in [1.54, 1.807) is 6.92 Å². The summed E-state index contributed by atoms with van der Waals surface area (Å²) in [4.78, 5) is 11.9. The summed E-state index contributed by atoms with van der Waals surface area (Å²) in [6.45, 7) is 2.27. The molecule has 5 nitrogen and oxygen atoms in total. The highest BCUT2D eigenvalue weighted by molar-refractivity contribution is 7.89. The van der Waals surface area contributed by atoms with Gasteiger partial charge in [0, 0.05) is 17.1 Å². The highest BCUT2D eigenvalue weighted by Gasteiger charge is 2.23. The van der Waals surface area contributed by atoms with Crippen molar-refractivity contribution in [1.82, 2.24) is 5.32 Å². The van der Waals surface area contributed by atoms with Gasteiger partial charge < -0.3 is 5.32 Å². The van der Waals surface area contributed by atoms with E-state index in [2.05, 4.69) is 5.32 Å². The monoisotopic (exact) mass is 302 g/mol. The molecule has 0 radical (unpaired) electrons. The lowest BCUT2D eigenvalue weighted by molar-refractivity contribution is 0.0951. The number of benzene rings is 1. The van der Waals surface area contributed by atoms with E-state index in [0.29, 0.717) is 18.0 Å². The summed E-state index contributed by atoms with van der Waals surface area (Å²) in [5.74, 6) is 0.220. The molecule has 0 heterocycles. The Hall–Kier alpha value is -1.11. The maximum atomic E-state index is 12.0. The standard InChI is InChI=1S/C12H15ClN2O3S/c1-7-10(12(16)15-6-8-2-3-8)4-9(5-11(7)13)19(14,17)18/h4-5,8H,2-3,6H2,1H3,(H,15,16)(H2,14,17,18). The highest BCUT2D eigenvalue weighted by Crippen LogP contribution is 2.28. The molecule has 1 aliphatic rings. The van der Waals surface area contributed by atoms with Crippen molar-refractivity contribution in [2.75, 3.05) is 6.54 Å². The third-order valence-electron chi connectivity index (χ3n) is 3.14. The number of halogens is 1. The number of rotatable bonds is 4. The Morgan fingerprint density at radius 3 is 2.63 bits per heavy atom. The molecule has 0 bridgehead atoms. The summed E-state index contributed by atoms with van der Waals surface area (Å²) in [6.07, 6.45) is 2.24. The number of hydrogen-bond donors (Lipinski definition) is 2. The van der Waals surface area contributed by atoms with Crippen LogP contribution in [0.5, 0.6) is 0 Å². The Kier molecular flexibility index (Phi) is 3.85. The zero-order valence-electron chi connectivity index (χ0n) is 10.4. The van der Waals surface area contributed by atoms with Crippen LogP contribution < -0.4 is 10.5 Å². The van der Waals surface area contributed by atoms with E-state index in [9.17, 15) is 13.2 Å². The minimum atomic E-state index is -3.88. The van der Waals surface area contributed by atoms with Gasteiger partial charge in [-0.2, -0.15) is 0 Å². The minimum absolute atomic E-state index is 0.153. The molecule has 2 rings (SSSR count). The molecule has 104 valence electrons. The van der Waals surface area contributed by atoms with Crippen molar-refractivity contribution in [3.8, 4) is 0 Å². The summed E-state index contributed by atoms with van der Waals surface area (Å²) < 4.78 is 22.7. The lowest BCUT2D eigenvalue weighted by Crippen LogP contribution is -2.26. The predicted octanol–water partition coefficient (Wildman–Crippen LogP) is 1.44. The van der Waals surface area contributed by atoms with E-state index in [1.807, 2.05) is 0 Å². The van der Waals surface area contributed by atoms with E-state index in [1.165, 1.54) is 12.1 Å². The number of carbonyl (C=O) groups is 1. The fourth-order valence-corrected chi connectivity index (χ4v) is 2.56. The van der Waals surface area contributed by atoms with Crippen LogP contribution in [0.1, 0.15) is 28.8 Å². The molecule has 0 aliphatic heterocycles. The van der Waals surface area contributed by atoms with Crippen LogP contribution in [0.15, 0.2) is 17.0 Å². The molecule has 1 aliphatic carbocycles. The molecule has 7 heteroatoms. The molecule has 0 atom stereocenters. The maximum absolute atomic E-state index is 12.0. The first-order valence-electron chi connectivity index (χ1n) is 5.90. The van der Waals surface area contributed by atoms with Crippen molar-refractivity contribution in [2.24, 2.45) is 11.1 Å².